The Kier molecular flexibility index (Phi) is 3.95. The van der Waals surface area contributed by atoms with E-state index in [0.717, 1.165) is 5.46 Å². The average molecular weight is 289 g/mol. The van der Waals surface area contributed by atoms with Crippen LogP contribution in [0.1, 0.15) is 0 Å². The molecule has 1 fully saturated rings. The largest absolute Gasteiger partial charge is 0.499 e. The Morgan fingerprint density at radius 2 is 1.37 bits per heavy atom. The normalized spacial score (nSPS) is 18.3. The first-order chi connectivity index (χ1) is 9.28. The van der Waals surface area contributed by atoms with Crippen LogP contribution in [-0.4, -0.2) is 19.8 Å². The van der Waals surface area contributed by atoms with Crippen molar-refractivity contribution in [2.24, 2.45) is 0 Å². The molecule has 2 nitrogen and oxygen atoms in total. The smallest absolute Gasteiger partial charge is 0.373 e. The fourth-order valence-corrected chi connectivity index (χ4v) is 4.79. The topological polar surface area (TPSA) is 18.5 Å². The zero-order chi connectivity index (χ0) is 13.1. The van der Waals surface area contributed by atoms with E-state index in [0.29, 0.717) is 12.7 Å². The van der Waals surface area contributed by atoms with E-state index in [1.54, 1.807) is 0 Å². The molecule has 3 rings (SSSR count). The first kappa shape index (κ1) is 13.2. The third kappa shape index (κ3) is 2.87. The van der Waals surface area contributed by atoms with E-state index < -0.39 is 6.46 Å². The van der Waals surface area contributed by atoms with Gasteiger partial charge >= 0.3 is 7.12 Å². The number of benzene rings is 2. The molecule has 0 spiro atoms. The highest BCUT2D eigenvalue weighted by Gasteiger charge is 2.45. The molecule has 0 amide bonds. The Hall–Kier alpha value is -0.795. The van der Waals surface area contributed by atoms with Crippen molar-refractivity contribution in [3.63, 3.8) is 0 Å². The molecule has 0 aromatic heterocycles. The van der Waals surface area contributed by atoms with Gasteiger partial charge in [0.15, 0.2) is 19.2 Å². The molecular weight excluding hydrogens is 274 g/mol. The van der Waals surface area contributed by atoms with Crippen molar-refractivity contribution in [3.05, 3.63) is 60.7 Å². The van der Waals surface area contributed by atoms with Gasteiger partial charge in [0, 0.05) is 12.2 Å². The minimum atomic E-state index is -1.62. The lowest BCUT2D eigenvalue weighted by atomic mass is 9.79. The van der Waals surface area contributed by atoms with Gasteiger partial charge in [-0.25, -0.2) is 0 Å². The van der Waals surface area contributed by atoms with Crippen LogP contribution in [0.15, 0.2) is 60.7 Å². The van der Waals surface area contributed by atoms with Gasteiger partial charge in [0.1, 0.15) is 5.30 Å². The molecule has 1 aliphatic rings. The van der Waals surface area contributed by atoms with Crippen LogP contribution in [0.3, 0.4) is 0 Å². The Morgan fingerprint density at radius 3 is 1.95 bits per heavy atom. The van der Waals surface area contributed by atoms with Crippen LogP contribution >= 0.6 is 18.7 Å². The first-order valence-electron chi connectivity index (χ1n) is 6.21. The molecule has 5 heteroatoms. The summed E-state index contributed by atoms with van der Waals surface area (Å²) in [5.74, 6) is 0. The van der Waals surface area contributed by atoms with Crippen LogP contribution in [0.5, 0.6) is 0 Å². The molecule has 1 saturated heterocycles. The van der Waals surface area contributed by atoms with Gasteiger partial charge in [-0.15, -0.1) is 0 Å². The molecule has 0 aliphatic carbocycles. The van der Waals surface area contributed by atoms with Crippen molar-refractivity contribution in [2.75, 3.05) is 12.7 Å². The minimum absolute atomic E-state index is 0.259. The number of thiol groups is 1. The Morgan fingerprint density at radius 1 is 0.842 bits per heavy atom. The lowest BCUT2D eigenvalue weighted by Crippen LogP contribution is -2.42. The molecule has 0 N–H and O–H groups in total. The number of hydrogen-bond acceptors (Lipinski definition) is 3. The molecule has 19 heavy (non-hydrogen) atoms. The maximum atomic E-state index is 5.88. The molecular formula is C14H15BO2PS+. The Bertz CT molecular complexity index is 530. The third-order valence-corrected chi connectivity index (χ3v) is 6.98. The summed E-state index contributed by atoms with van der Waals surface area (Å²) >= 11 is 4.85. The van der Waals surface area contributed by atoms with Crippen molar-refractivity contribution in [3.8, 4) is 0 Å². The molecule has 1 aliphatic heterocycles. The lowest BCUT2D eigenvalue weighted by molar-refractivity contribution is 0.245. The quantitative estimate of drug-likeness (QED) is 0.520. The van der Waals surface area contributed by atoms with Crippen LogP contribution in [0.25, 0.3) is 0 Å². The maximum Gasteiger partial charge on any atom is 0.499 e. The monoisotopic (exact) mass is 289 g/mol. The maximum absolute atomic E-state index is 5.88. The van der Waals surface area contributed by atoms with Crippen molar-refractivity contribution in [1.82, 2.24) is 0 Å². The van der Waals surface area contributed by atoms with Gasteiger partial charge < -0.3 is 9.31 Å². The van der Waals surface area contributed by atoms with E-state index in [-0.39, 0.29) is 7.12 Å². The summed E-state index contributed by atoms with van der Waals surface area (Å²) in [6.07, 6.45) is 1.30. The highest BCUT2D eigenvalue weighted by molar-refractivity contribution is 8.55. The van der Waals surface area contributed by atoms with Gasteiger partial charge in [-0.2, -0.15) is 0 Å². The van der Waals surface area contributed by atoms with Crippen molar-refractivity contribution in [2.45, 2.75) is 0 Å². The predicted octanol–water partition coefficient (Wildman–Crippen LogP) is 2.53. The molecule has 0 atom stereocenters. The fraction of sp³-hybridized carbons (Fsp3) is 0.143. The summed E-state index contributed by atoms with van der Waals surface area (Å²) in [5, 5.41) is 1.24. The third-order valence-electron chi connectivity index (χ3n) is 3.19. The molecule has 0 saturated carbocycles. The van der Waals surface area contributed by atoms with Crippen molar-refractivity contribution >= 4 is 36.6 Å². The van der Waals surface area contributed by atoms with Gasteiger partial charge in [0.25, 0.3) is 0 Å². The molecule has 96 valence electrons. The van der Waals surface area contributed by atoms with E-state index in [1.165, 1.54) is 5.30 Å². The SMILES string of the molecule is S[P+]1(c2ccccc2)COB(c2ccccc2)OC1. The van der Waals surface area contributed by atoms with Gasteiger partial charge in [-0.3, -0.25) is 0 Å². The summed E-state index contributed by atoms with van der Waals surface area (Å²) in [4.78, 5) is 0. The van der Waals surface area contributed by atoms with E-state index in [4.69, 9.17) is 21.6 Å². The van der Waals surface area contributed by atoms with Crippen molar-refractivity contribution in [1.29, 1.82) is 0 Å². The first-order valence-corrected chi connectivity index (χ1v) is 9.53. The molecule has 0 unspecified atom stereocenters. The summed E-state index contributed by atoms with van der Waals surface area (Å²) in [7, 11) is -0.259. The Labute approximate surface area is 119 Å². The van der Waals surface area contributed by atoms with Crippen molar-refractivity contribution < 1.29 is 9.31 Å². The summed E-state index contributed by atoms with van der Waals surface area (Å²) in [6, 6.07) is 20.3. The molecule has 2 aromatic rings. The standard InChI is InChI=1S/C14H15BO2PS/c19-18(14-9-5-2-6-10-14)11-16-15(17-12-18)13-7-3-1-4-8-13/h1-10,19H,11-12H2/q+1. The number of rotatable bonds is 2. The predicted molar refractivity (Wildman–Crippen MR) is 85.7 cm³/mol. The van der Waals surface area contributed by atoms with Crippen LogP contribution in [0, 0.1) is 0 Å². The second kappa shape index (κ2) is 5.68. The molecule has 1 heterocycles. The van der Waals surface area contributed by atoms with E-state index >= 15 is 0 Å². The van der Waals surface area contributed by atoms with E-state index in [2.05, 4.69) is 12.1 Å². The molecule has 0 bridgehead atoms. The summed E-state index contributed by atoms with van der Waals surface area (Å²) in [5.41, 5.74) is 1.06. The summed E-state index contributed by atoms with van der Waals surface area (Å²) in [6.45, 7) is -1.62. The second-order valence-electron chi connectivity index (χ2n) is 4.59. The Balaban J connectivity index is 1.73. The highest BCUT2D eigenvalue weighted by Crippen LogP contribution is 2.63. The fourth-order valence-electron chi connectivity index (χ4n) is 2.12. The van der Waals surface area contributed by atoms with Crippen LogP contribution in [0.2, 0.25) is 0 Å². The highest BCUT2D eigenvalue weighted by atomic mass is 32.7. The van der Waals surface area contributed by atoms with Gasteiger partial charge in [-0.1, -0.05) is 48.5 Å². The lowest BCUT2D eigenvalue weighted by Gasteiger charge is -2.28. The minimum Gasteiger partial charge on any atom is -0.373 e. The van der Waals surface area contributed by atoms with Gasteiger partial charge in [-0.05, 0) is 17.6 Å². The average Bonchev–Trinajstić information content (AvgIpc) is 2.50. The molecule has 2 aromatic carbocycles. The van der Waals surface area contributed by atoms with Crippen LogP contribution in [0.4, 0.5) is 0 Å². The zero-order valence-corrected chi connectivity index (χ0v) is 12.3. The second-order valence-corrected chi connectivity index (χ2v) is 9.77. The van der Waals surface area contributed by atoms with Gasteiger partial charge in [0.05, 0.1) is 0 Å². The zero-order valence-electron chi connectivity index (χ0n) is 10.5. The van der Waals surface area contributed by atoms with Gasteiger partial charge in [0.2, 0.25) is 0 Å². The van der Waals surface area contributed by atoms with Crippen LogP contribution in [-0.2, 0) is 9.31 Å². The van der Waals surface area contributed by atoms with Crippen LogP contribution < -0.4 is 10.8 Å². The molecule has 0 radical (unpaired) electrons. The summed E-state index contributed by atoms with van der Waals surface area (Å²) < 4.78 is 11.8. The van der Waals surface area contributed by atoms with E-state index in [9.17, 15) is 0 Å². The van der Waals surface area contributed by atoms with E-state index in [1.807, 2.05) is 48.5 Å². The number of hydrogen-bond donors (Lipinski definition) is 1.